The van der Waals surface area contributed by atoms with Crippen LogP contribution >= 0.6 is 0 Å². The number of fused-ring (bicyclic) bond motifs is 7. The number of rotatable bonds is 6. The average molecular weight is 455 g/mol. The lowest BCUT2D eigenvalue weighted by Gasteiger charge is -2.60. The number of Topliss-reactive ketones (excluding diaryl/α,β-unsaturated/α-hetero) is 1. The molecule has 5 aliphatic carbocycles. The summed E-state index contributed by atoms with van der Waals surface area (Å²) in [6.07, 6.45) is 11.1. The van der Waals surface area contributed by atoms with E-state index in [1.807, 2.05) is 6.08 Å². The first-order valence-electron chi connectivity index (χ1n) is 13.6. The van der Waals surface area contributed by atoms with Crippen molar-refractivity contribution in [3.8, 4) is 0 Å². The summed E-state index contributed by atoms with van der Waals surface area (Å²) in [6, 6.07) is 0. The summed E-state index contributed by atoms with van der Waals surface area (Å²) >= 11 is 0. The van der Waals surface area contributed by atoms with Crippen molar-refractivity contribution in [2.75, 3.05) is 0 Å². The highest BCUT2D eigenvalue weighted by Crippen LogP contribution is 2.73. The quantitative estimate of drug-likeness (QED) is 0.361. The van der Waals surface area contributed by atoms with E-state index in [1.165, 1.54) is 5.57 Å². The molecule has 0 N–H and O–H groups in total. The Labute approximate surface area is 199 Å². The molecule has 0 aromatic carbocycles. The Balaban J connectivity index is 1.45. The molecular weight excluding hydrogens is 412 g/mol. The van der Waals surface area contributed by atoms with Gasteiger partial charge in [0.15, 0.2) is 17.2 Å². The maximum Gasteiger partial charge on any atom is 0.306 e. The lowest BCUT2D eigenvalue weighted by atomic mass is 9.44. The van der Waals surface area contributed by atoms with Crippen molar-refractivity contribution in [2.24, 2.45) is 46.3 Å². The van der Waals surface area contributed by atoms with Gasteiger partial charge in [0, 0.05) is 17.8 Å². The van der Waals surface area contributed by atoms with E-state index in [9.17, 15) is 14.4 Å². The third-order valence-electron chi connectivity index (χ3n) is 11.2. The van der Waals surface area contributed by atoms with Gasteiger partial charge >= 0.3 is 5.97 Å². The Bertz CT molecular complexity index is 903. The van der Waals surface area contributed by atoms with Gasteiger partial charge in [0.1, 0.15) is 0 Å². The normalized spacial score (nSPS) is 47.5. The molecule has 0 bridgehead atoms. The Morgan fingerprint density at radius 1 is 1.06 bits per heavy atom. The van der Waals surface area contributed by atoms with E-state index in [1.54, 1.807) is 6.92 Å². The number of carbonyl (C=O) groups excluding carboxylic acids is 3. The second-order valence-electron chi connectivity index (χ2n) is 12.6. The number of hydrogen-bond donors (Lipinski definition) is 0. The molecule has 0 aromatic rings. The van der Waals surface area contributed by atoms with Gasteiger partial charge < -0.3 is 4.74 Å². The van der Waals surface area contributed by atoms with Gasteiger partial charge in [-0.15, -0.1) is 0 Å². The third kappa shape index (κ3) is 3.11. The minimum atomic E-state index is -0.961. The molecule has 0 aromatic heterocycles. The predicted molar refractivity (Wildman–Crippen MR) is 127 cm³/mol. The van der Waals surface area contributed by atoms with E-state index in [0.717, 1.165) is 51.4 Å². The molecule has 0 heterocycles. The van der Waals surface area contributed by atoms with Gasteiger partial charge in [-0.05, 0) is 93.0 Å². The molecule has 0 aliphatic heterocycles. The fourth-order valence-corrected chi connectivity index (χ4v) is 9.44. The van der Waals surface area contributed by atoms with Crippen LogP contribution in [0.5, 0.6) is 0 Å². The van der Waals surface area contributed by atoms with Gasteiger partial charge in [0.2, 0.25) is 0 Å². The minimum Gasteiger partial charge on any atom is -0.450 e. The molecule has 0 unspecified atom stereocenters. The van der Waals surface area contributed by atoms with E-state index in [-0.39, 0.29) is 28.5 Å². The maximum absolute atomic E-state index is 13.2. The highest BCUT2D eigenvalue weighted by atomic mass is 16.6. The van der Waals surface area contributed by atoms with Crippen molar-refractivity contribution in [3.63, 3.8) is 0 Å². The molecule has 0 saturated heterocycles. The first-order valence-corrected chi connectivity index (χ1v) is 13.6. The molecule has 4 heteroatoms. The van der Waals surface area contributed by atoms with Crippen LogP contribution in [-0.2, 0) is 19.1 Å². The topological polar surface area (TPSA) is 60.4 Å². The zero-order chi connectivity index (χ0) is 23.8. The van der Waals surface area contributed by atoms with Gasteiger partial charge in [0.25, 0.3) is 0 Å². The number of ketones is 2. The van der Waals surface area contributed by atoms with Crippen LogP contribution in [0, 0.1) is 46.3 Å². The number of unbranched alkanes of at least 4 members (excludes halogenated alkanes) is 2. The third-order valence-corrected chi connectivity index (χ3v) is 11.2. The molecule has 5 aliphatic rings. The zero-order valence-corrected chi connectivity index (χ0v) is 21.2. The van der Waals surface area contributed by atoms with Crippen LogP contribution in [0.1, 0.15) is 98.8 Å². The van der Waals surface area contributed by atoms with Crippen molar-refractivity contribution in [1.29, 1.82) is 0 Å². The maximum atomic E-state index is 13.2. The summed E-state index contributed by atoms with van der Waals surface area (Å²) in [5.74, 6) is 2.90. The largest absolute Gasteiger partial charge is 0.450 e. The first kappa shape index (κ1) is 23.3. The molecule has 0 radical (unpaired) electrons. The van der Waals surface area contributed by atoms with Crippen LogP contribution < -0.4 is 0 Å². The van der Waals surface area contributed by atoms with Crippen molar-refractivity contribution in [1.82, 2.24) is 0 Å². The summed E-state index contributed by atoms with van der Waals surface area (Å²) in [6.45, 7) is 10.8. The summed E-state index contributed by atoms with van der Waals surface area (Å²) < 4.78 is 6.22. The number of ether oxygens (including phenoxy) is 1. The molecule has 4 saturated carbocycles. The lowest BCUT2D eigenvalue weighted by Crippen LogP contribution is -2.59. The predicted octanol–water partition coefficient (Wildman–Crippen LogP) is 6.07. The fraction of sp³-hybridized carbons (Fsp3) is 0.828. The van der Waals surface area contributed by atoms with Gasteiger partial charge in [-0.2, -0.15) is 0 Å². The molecular formula is C29H42O4. The molecule has 33 heavy (non-hydrogen) atoms. The van der Waals surface area contributed by atoms with Crippen molar-refractivity contribution >= 4 is 17.5 Å². The second-order valence-corrected chi connectivity index (χ2v) is 12.6. The molecule has 4 fully saturated rings. The van der Waals surface area contributed by atoms with Crippen LogP contribution in [0.4, 0.5) is 0 Å². The molecule has 182 valence electrons. The van der Waals surface area contributed by atoms with Crippen molar-refractivity contribution in [3.05, 3.63) is 11.6 Å². The standard InChI is InChI=1S/C29H42O4/c1-6-7-8-9-26(32)33-29(18(3)30)13-11-21-19-14-17(2)23-16-25(31)20-15-24(20)28(23,5)22(19)10-12-27(21,29)4/h16-17,19-22,24H,6-15H2,1-5H3/t17-,19-,20+,21-,22-,24-,27-,28+,29-/m0/s1. The zero-order valence-electron chi connectivity index (χ0n) is 21.2. The highest BCUT2D eigenvalue weighted by molar-refractivity contribution is 5.96. The number of hydrogen-bond acceptors (Lipinski definition) is 4. The van der Waals surface area contributed by atoms with Gasteiger partial charge in [-0.3, -0.25) is 14.4 Å². The Hall–Kier alpha value is -1.45. The van der Waals surface area contributed by atoms with Crippen LogP contribution in [0.25, 0.3) is 0 Å². The Morgan fingerprint density at radius 3 is 2.48 bits per heavy atom. The fourth-order valence-electron chi connectivity index (χ4n) is 9.44. The SMILES string of the molecule is CCCCCC(=O)O[C@]1(C(C)=O)CC[C@H]2[C@@H]3C[C@H](C)C4=CC(=O)[C@@H]5C[C@@H]5[C@]4(C)[C@H]3CC[C@@]21C. The molecule has 0 spiro atoms. The smallest absolute Gasteiger partial charge is 0.306 e. The van der Waals surface area contributed by atoms with Crippen molar-refractivity contribution in [2.45, 2.75) is 104 Å². The van der Waals surface area contributed by atoms with Crippen LogP contribution in [0.3, 0.4) is 0 Å². The van der Waals surface area contributed by atoms with E-state index < -0.39 is 5.60 Å². The number of carbonyl (C=O) groups is 3. The second kappa shape index (κ2) is 7.78. The monoisotopic (exact) mass is 454 g/mol. The highest BCUT2D eigenvalue weighted by Gasteiger charge is 2.71. The van der Waals surface area contributed by atoms with Crippen LogP contribution in [0.15, 0.2) is 11.6 Å². The Morgan fingerprint density at radius 2 is 1.79 bits per heavy atom. The average Bonchev–Trinajstić information content (AvgIpc) is 3.51. The van der Waals surface area contributed by atoms with E-state index in [0.29, 0.717) is 48.2 Å². The molecule has 0 amide bonds. The van der Waals surface area contributed by atoms with E-state index >= 15 is 0 Å². The van der Waals surface area contributed by atoms with Gasteiger partial charge in [-0.25, -0.2) is 0 Å². The molecule has 9 atom stereocenters. The van der Waals surface area contributed by atoms with Crippen LogP contribution in [-0.4, -0.2) is 23.1 Å². The van der Waals surface area contributed by atoms with Crippen LogP contribution in [0.2, 0.25) is 0 Å². The minimum absolute atomic E-state index is 0.0379. The molecule has 5 rings (SSSR count). The first-order chi connectivity index (χ1) is 15.6. The summed E-state index contributed by atoms with van der Waals surface area (Å²) in [4.78, 5) is 38.6. The van der Waals surface area contributed by atoms with Gasteiger partial charge in [0.05, 0.1) is 0 Å². The summed E-state index contributed by atoms with van der Waals surface area (Å²) in [5, 5.41) is 0. The number of allylic oxidation sites excluding steroid dienone is 1. The van der Waals surface area contributed by atoms with E-state index in [2.05, 4.69) is 27.7 Å². The van der Waals surface area contributed by atoms with E-state index in [4.69, 9.17) is 4.74 Å². The van der Waals surface area contributed by atoms with Gasteiger partial charge in [-0.1, -0.05) is 46.1 Å². The molecule has 4 nitrogen and oxygen atoms in total. The summed E-state index contributed by atoms with van der Waals surface area (Å²) in [5.41, 5.74) is 0.289. The Kier molecular flexibility index (Phi) is 5.49. The lowest BCUT2D eigenvalue weighted by molar-refractivity contribution is -0.190. The van der Waals surface area contributed by atoms with Crippen molar-refractivity contribution < 1.29 is 19.1 Å². The summed E-state index contributed by atoms with van der Waals surface area (Å²) in [7, 11) is 0. The number of esters is 1.